The lowest BCUT2D eigenvalue weighted by atomic mass is 10.2. The molecule has 1 aliphatic rings. The van der Waals surface area contributed by atoms with E-state index < -0.39 is 0 Å². The lowest BCUT2D eigenvalue weighted by Gasteiger charge is -2.38. The summed E-state index contributed by atoms with van der Waals surface area (Å²) < 4.78 is 11.1. The van der Waals surface area contributed by atoms with Gasteiger partial charge in [-0.15, -0.1) is 0 Å². The molecule has 1 aromatic heterocycles. The fraction of sp³-hybridized carbons (Fsp3) is 0.692. The van der Waals surface area contributed by atoms with E-state index in [1.165, 1.54) is 0 Å². The Kier molecular flexibility index (Phi) is 4.42. The molecular weight excluding hydrogens is 244 g/mol. The van der Waals surface area contributed by atoms with Crippen molar-refractivity contribution in [3.63, 3.8) is 0 Å². The van der Waals surface area contributed by atoms with Crippen molar-refractivity contribution in [2.24, 2.45) is 0 Å². The molecule has 2 unspecified atom stereocenters. The summed E-state index contributed by atoms with van der Waals surface area (Å²) in [5, 5.41) is 3.20. The molecule has 0 radical (unpaired) electrons. The zero-order valence-corrected chi connectivity index (χ0v) is 12.0. The Balaban J connectivity index is 2.34. The number of morpholine rings is 1. The molecule has 1 N–H and O–H groups in total. The minimum atomic E-state index is 0.193. The molecule has 1 aliphatic heterocycles. The normalized spacial score (nSPS) is 23.3. The van der Waals surface area contributed by atoms with Crippen molar-refractivity contribution in [3.8, 4) is 5.75 Å². The SMILES string of the molecule is CCNc1ncnc(N2CC(C)OCC2C)c1OC. The molecule has 1 fully saturated rings. The van der Waals surface area contributed by atoms with Crippen LogP contribution in [0, 0.1) is 0 Å². The number of ether oxygens (including phenoxy) is 2. The number of aromatic nitrogens is 2. The van der Waals surface area contributed by atoms with Crippen molar-refractivity contribution in [3.05, 3.63) is 6.33 Å². The van der Waals surface area contributed by atoms with E-state index in [1.807, 2.05) is 6.92 Å². The highest BCUT2D eigenvalue weighted by Crippen LogP contribution is 2.34. The molecule has 2 rings (SSSR count). The van der Waals surface area contributed by atoms with Crippen molar-refractivity contribution in [1.82, 2.24) is 9.97 Å². The van der Waals surface area contributed by atoms with Crippen LogP contribution >= 0.6 is 0 Å². The highest BCUT2D eigenvalue weighted by Gasteiger charge is 2.28. The first-order valence-corrected chi connectivity index (χ1v) is 6.68. The number of rotatable bonds is 4. The molecule has 0 bridgehead atoms. The zero-order valence-electron chi connectivity index (χ0n) is 12.0. The molecule has 0 aliphatic carbocycles. The molecule has 6 nitrogen and oxygen atoms in total. The van der Waals surface area contributed by atoms with Gasteiger partial charge < -0.3 is 19.7 Å². The lowest BCUT2D eigenvalue weighted by molar-refractivity contribution is 0.0338. The van der Waals surface area contributed by atoms with Crippen molar-refractivity contribution in [2.45, 2.75) is 32.9 Å². The van der Waals surface area contributed by atoms with Gasteiger partial charge in [0.05, 0.1) is 25.9 Å². The number of hydrogen-bond donors (Lipinski definition) is 1. The van der Waals surface area contributed by atoms with Gasteiger partial charge in [0, 0.05) is 13.1 Å². The molecule has 0 amide bonds. The van der Waals surface area contributed by atoms with E-state index in [0.29, 0.717) is 12.4 Å². The maximum Gasteiger partial charge on any atom is 0.204 e. The van der Waals surface area contributed by atoms with E-state index in [2.05, 4.69) is 34.0 Å². The summed E-state index contributed by atoms with van der Waals surface area (Å²) in [6.07, 6.45) is 1.77. The smallest absolute Gasteiger partial charge is 0.204 e. The number of hydrogen-bond acceptors (Lipinski definition) is 6. The molecular formula is C13H22N4O2. The van der Waals surface area contributed by atoms with Gasteiger partial charge in [-0.05, 0) is 20.8 Å². The maximum atomic E-state index is 5.65. The highest BCUT2D eigenvalue weighted by atomic mass is 16.5. The third-order valence-corrected chi connectivity index (χ3v) is 3.21. The Labute approximate surface area is 114 Å². The van der Waals surface area contributed by atoms with Crippen LogP contribution in [-0.2, 0) is 4.74 Å². The monoisotopic (exact) mass is 266 g/mol. The highest BCUT2D eigenvalue weighted by molar-refractivity contribution is 5.65. The Hall–Kier alpha value is -1.56. The molecule has 1 saturated heterocycles. The summed E-state index contributed by atoms with van der Waals surface area (Å²) in [7, 11) is 1.65. The molecule has 19 heavy (non-hydrogen) atoms. The van der Waals surface area contributed by atoms with E-state index in [1.54, 1.807) is 13.4 Å². The Bertz CT molecular complexity index is 427. The van der Waals surface area contributed by atoms with Crippen LogP contribution in [0.25, 0.3) is 0 Å². The first-order valence-electron chi connectivity index (χ1n) is 6.68. The predicted octanol–water partition coefficient (Wildman–Crippen LogP) is 1.53. The van der Waals surface area contributed by atoms with Gasteiger partial charge in [0.15, 0.2) is 11.6 Å². The second-order valence-corrected chi connectivity index (χ2v) is 4.75. The first-order chi connectivity index (χ1) is 9.17. The standard InChI is InChI=1S/C13H22N4O2/c1-5-14-12-11(18-4)13(16-8-15-12)17-6-10(3)19-7-9(17)2/h8-10H,5-7H2,1-4H3,(H,14,15,16). The summed E-state index contributed by atoms with van der Waals surface area (Å²) in [6.45, 7) is 8.52. The van der Waals surface area contributed by atoms with Gasteiger partial charge in [-0.3, -0.25) is 0 Å². The first kappa shape index (κ1) is 13.9. The van der Waals surface area contributed by atoms with Crippen molar-refractivity contribution in [1.29, 1.82) is 0 Å². The van der Waals surface area contributed by atoms with Crippen LogP contribution < -0.4 is 15.0 Å². The average Bonchev–Trinajstić information content (AvgIpc) is 2.41. The van der Waals surface area contributed by atoms with E-state index >= 15 is 0 Å². The minimum Gasteiger partial charge on any atom is -0.490 e. The molecule has 6 heteroatoms. The average molecular weight is 266 g/mol. The lowest BCUT2D eigenvalue weighted by Crippen LogP contribution is -2.48. The number of nitrogens with zero attached hydrogens (tertiary/aromatic N) is 3. The van der Waals surface area contributed by atoms with Crippen LogP contribution in [0.15, 0.2) is 6.33 Å². The second kappa shape index (κ2) is 6.06. The molecule has 2 heterocycles. The zero-order chi connectivity index (χ0) is 13.8. The Morgan fingerprint density at radius 3 is 2.95 bits per heavy atom. The fourth-order valence-electron chi connectivity index (χ4n) is 2.25. The molecule has 1 aromatic rings. The number of methoxy groups -OCH3 is 1. The van der Waals surface area contributed by atoms with E-state index in [9.17, 15) is 0 Å². The van der Waals surface area contributed by atoms with Crippen molar-refractivity contribution in [2.75, 3.05) is 37.0 Å². The summed E-state index contributed by atoms with van der Waals surface area (Å²) in [5.74, 6) is 2.27. The quantitative estimate of drug-likeness (QED) is 0.892. The molecule has 0 spiro atoms. The van der Waals surface area contributed by atoms with E-state index in [4.69, 9.17) is 9.47 Å². The van der Waals surface area contributed by atoms with Crippen molar-refractivity contribution < 1.29 is 9.47 Å². The summed E-state index contributed by atoms with van der Waals surface area (Å²) in [4.78, 5) is 10.8. The molecule has 0 aromatic carbocycles. The second-order valence-electron chi connectivity index (χ2n) is 4.75. The third-order valence-electron chi connectivity index (χ3n) is 3.21. The Morgan fingerprint density at radius 2 is 2.26 bits per heavy atom. The molecule has 0 saturated carbocycles. The van der Waals surface area contributed by atoms with Crippen LogP contribution in [0.2, 0.25) is 0 Å². The molecule has 2 atom stereocenters. The fourth-order valence-corrected chi connectivity index (χ4v) is 2.25. The maximum absolute atomic E-state index is 5.65. The molecule has 106 valence electrons. The summed E-state index contributed by atoms with van der Waals surface area (Å²) in [6, 6.07) is 0.273. The minimum absolute atomic E-state index is 0.193. The van der Waals surface area contributed by atoms with Gasteiger partial charge in [0.2, 0.25) is 5.75 Å². The van der Waals surface area contributed by atoms with Crippen LogP contribution in [0.3, 0.4) is 0 Å². The van der Waals surface area contributed by atoms with E-state index in [0.717, 1.165) is 24.7 Å². The topological polar surface area (TPSA) is 59.5 Å². The van der Waals surface area contributed by atoms with E-state index in [-0.39, 0.29) is 12.1 Å². The van der Waals surface area contributed by atoms with Crippen LogP contribution in [0.1, 0.15) is 20.8 Å². The summed E-state index contributed by atoms with van der Waals surface area (Å²) in [5.41, 5.74) is 0. The van der Waals surface area contributed by atoms with Gasteiger partial charge in [-0.1, -0.05) is 0 Å². The van der Waals surface area contributed by atoms with Gasteiger partial charge >= 0.3 is 0 Å². The van der Waals surface area contributed by atoms with Gasteiger partial charge in [0.25, 0.3) is 0 Å². The van der Waals surface area contributed by atoms with Crippen LogP contribution in [0.5, 0.6) is 5.75 Å². The Morgan fingerprint density at radius 1 is 1.47 bits per heavy atom. The predicted molar refractivity (Wildman–Crippen MR) is 75.0 cm³/mol. The van der Waals surface area contributed by atoms with Crippen LogP contribution in [0.4, 0.5) is 11.6 Å². The largest absolute Gasteiger partial charge is 0.490 e. The third kappa shape index (κ3) is 2.89. The number of nitrogens with one attached hydrogen (secondary N) is 1. The van der Waals surface area contributed by atoms with Crippen LogP contribution in [-0.4, -0.2) is 48.9 Å². The van der Waals surface area contributed by atoms with Gasteiger partial charge in [-0.2, -0.15) is 0 Å². The van der Waals surface area contributed by atoms with Gasteiger partial charge in [-0.25, -0.2) is 9.97 Å². The van der Waals surface area contributed by atoms with Crippen molar-refractivity contribution >= 4 is 11.6 Å². The van der Waals surface area contributed by atoms with Gasteiger partial charge in [0.1, 0.15) is 6.33 Å². The number of anilines is 2. The summed E-state index contributed by atoms with van der Waals surface area (Å²) >= 11 is 0.